The molecular formula is C9H8N2. The van der Waals surface area contributed by atoms with Gasteiger partial charge in [-0.1, -0.05) is 12.2 Å². The lowest BCUT2D eigenvalue weighted by atomic mass is 9.85. The fourth-order valence-electron chi connectivity index (χ4n) is 2.17. The van der Waals surface area contributed by atoms with Crippen LogP contribution in [-0.2, 0) is 0 Å². The highest BCUT2D eigenvalue weighted by molar-refractivity contribution is 5.22. The minimum atomic E-state index is -0.0324. The molecule has 2 heteroatoms. The van der Waals surface area contributed by atoms with E-state index < -0.39 is 0 Å². The van der Waals surface area contributed by atoms with E-state index in [4.69, 9.17) is 10.5 Å². The van der Waals surface area contributed by atoms with Gasteiger partial charge in [-0.25, -0.2) is 0 Å². The summed E-state index contributed by atoms with van der Waals surface area (Å²) in [6.45, 7) is 0. The summed E-state index contributed by atoms with van der Waals surface area (Å²) in [5.41, 5.74) is 0. The van der Waals surface area contributed by atoms with Crippen molar-refractivity contribution in [2.45, 2.75) is 6.42 Å². The molecule has 0 aliphatic heterocycles. The molecule has 0 spiro atoms. The summed E-state index contributed by atoms with van der Waals surface area (Å²) in [7, 11) is 0. The molecule has 1 saturated carbocycles. The van der Waals surface area contributed by atoms with Gasteiger partial charge in [0.25, 0.3) is 0 Å². The molecule has 2 bridgehead atoms. The van der Waals surface area contributed by atoms with Gasteiger partial charge in [0.1, 0.15) is 0 Å². The summed E-state index contributed by atoms with van der Waals surface area (Å²) in [4.78, 5) is 0. The van der Waals surface area contributed by atoms with Gasteiger partial charge >= 0.3 is 0 Å². The average molecular weight is 144 g/mol. The van der Waals surface area contributed by atoms with Crippen molar-refractivity contribution in [2.24, 2.45) is 23.7 Å². The van der Waals surface area contributed by atoms with Gasteiger partial charge in [0.2, 0.25) is 0 Å². The SMILES string of the molecule is N#C[C@H]1C2C=CC(C2)[C@@H]1C#N. The zero-order valence-corrected chi connectivity index (χ0v) is 6.07. The third kappa shape index (κ3) is 0.700. The van der Waals surface area contributed by atoms with E-state index in [9.17, 15) is 0 Å². The summed E-state index contributed by atoms with van der Waals surface area (Å²) in [5, 5.41) is 17.5. The summed E-state index contributed by atoms with van der Waals surface area (Å²) in [5.74, 6) is 0.675. The second-order valence-corrected chi connectivity index (χ2v) is 3.26. The van der Waals surface area contributed by atoms with Crippen molar-refractivity contribution in [3.05, 3.63) is 12.2 Å². The van der Waals surface area contributed by atoms with Crippen LogP contribution in [0.1, 0.15) is 6.42 Å². The highest BCUT2D eigenvalue weighted by Gasteiger charge is 2.44. The van der Waals surface area contributed by atoms with Gasteiger partial charge in [0.15, 0.2) is 0 Å². The number of fused-ring (bicyclic) bond motifs is 2. The highest BCUT2D eigenvalue weighted by Crippen LogP contribution is 2.47. The molecule has 2 aliphatic rings. The standard InChI is InChI=1S/C9H8N2/c10-4-8-6-1-2-7(3-6)9(8)5-11/h1-2,6-9H,3H2/t6?,7?,8-,9-/m0/s1. The molecule has 0 saturated heterocycles. The predicted octanol–water partition coefficient (Wildman–Crippen LogP) is 1.47. The Morgan fingerprint density at radius 2 is 1.45 bits per heavy atom. The molecule has 2 nitrogen and oxygen atoms in total. The number of nitrogens with zero attached hydrogens (tertiary/aromatic N) is 2. The van der Waals surface area contributed by atoms with Gasteiger partial charge in [-0.15, -0.1) is 0 Å². The number of nitriles is 2. The first-order valence-electron chi connectivity index (χ1n) is 3.84. The van der Waals surface area contributed by atoms with Gasteiger partial charge in [-0.05, 0) is 18.3 Å². The van der Waals surface area contributed by atoms with Crippen molar-refractivity contribution >= 4 is 0 Å². The smallest absolute Gasteiger partial charge is 0.0690 e. The molecule has 4 atom stereocenters. The van der Waals surface area contributed by atoms with Crippen LogP contribution in [0.25, 0.3) is 0 Å². The molecule has 0 N–H and O–H groups in total. The van der Waals surface area contributed by atoms with Crippen LogP contribution in [0.5, 0.6) is 0 Å². The van der Waals surface area contributed by atoms with E-state index >= 15 is 0 Å². The van der Waals surface area contributed by atoms with Crippen LogP contribution in [0.3, 0.4) is 0 Å². The zero-order chi connectivity index (χ0) is 7.84. The van der Waals surface area contributed by atoms with Crippen LogP contribution in [0.2, 0.25) is 0 Å². The molecule has 0 amide bonds. The molecule has 0 aromatic heterocycles. The first kappa shape index (κ1) is 6.43. The third-order valence-electron chi connectivity index (χ3n) is 2.76. The zero-order valence-electron chi connectivity index (χ0n) is 6.07. The largest absolute Gasteiger partial charge is 0.198 e. The molecule has 2 rings (SSSR count). The maximum atomic E-state index is 8.75. The monoisotopic (exact) mass is 144 g/mol. The molecule has 1 fully saturated rings. The molecule has 0 heterocycles. The minimum absolute atomic E-state index is 0.0324. The molecular weight excluding hydrogens is 136 g/mol. The predicted molar refractivity (Wildman–Crippen MR) is 38.9 cm³/mol. The second-order valence-electron chi connectivity index (χ2n) is 3.26. The van der Waals surface area contributed by atoms with E-state index in [0.29, 0.717) is 11.8 Å². The Kier molecular flexibility index (Phi) is 1.23. The third-order valence-corrected chi connectivity index (χ3v) is 2.76. The van der Waals surface area contributed by atoms with E-state index in [0.717, 1.165) is 6.42 Å². The van der Waals surface area contributed by atoms with Crippen molar-refractivity contribution in [3.8, 4) is 12.1 Å². The lowest BCUT2D eigenvalue weighted by molar-refractivity contribution is 0.468. The van der Waals surface area contributed by atoms with Crippen molar-refractivity contribution in [1.29, 1.82) is 10.5 Å². The quantitative estimate of drug-likeness (QED) is 0.483. The molecule has 2 unspecified atom stereocenters. The van der Waals surface area contributed by atoms with E-state index in [1.54, 1.807) is 0 Å². The number of hydrogen-bond donors (Lipinski definition) is 0. The Morgan fingerprint density at radius 3 is 1.82 bits per heavy atom. The molecule has 0 radical (unpaired) electrons. The van der Waals surface area contributed by atoms with Crippen molar-refractivity contribution in [2.75, 3.05) is 0 Å². The van der Waals surface area contributed by atoms with Gasteiger partial charge in [-0.2, -0.15) is 10.5 Å². The van der Waals surface area contributed by atoms with E-state index in [1.165, 1.54) is 0 Å². The van der Waals surface area contributed by atoms with Crippen LogP contribution in [-0.4, -0.2) is 0 Å². The Bertz CT molecular complexity index is 251. The van der Waals surface area contributed by atoms with Crippen LogP contribution in [0.4, 0.5) is 0 Å². The minimum Gasteiger partial charge on any atom is -0.198 e. The maximum absolute atomic E-state index is 8.75. The molecule has 2 aliphatic carbocycles. The second kappa shape index (κ2) is 2.10. The lowest BCUT2D eigenvalue weighted by Crippen LogP contribution is -2.15. The van der Waals surface area contributed by atoms with Gasteiger partial charge < -0.3 is 0 Å². The fourth-order valence-corrected chi connectivity index (χ4v) is 2.17. The molecule has 0 aromatic carbocycles. The summed E-state index contributed by atoms with van der Waals surface area (Å²) in [6, 6.07) is 4.45. The Labute approximate surface area is 65.7 Å². The fraction of sp³-hybridized carbons (Fsp3) is 0.556. The van der Waals surface area contributed by atoms with Gasteiger partial charge in [-0.3, -0.25) is 0 Å². The Balaban J connectivity index is 2.32. The van der Waals surface area contributed by atoms with E-state index in [2.05, 4.69) is 24.3 Å². The number of hydrogen-bond acceptors (Lipinski definition) is 2. The van der Waals surface area contributed by atoms with Gasteiger partial charge in [0.05, 0.1) is 24.0 Å². The van der Waals surface area contributed by atoms with Crippen LogP contribution in [0.15, 0.2) is 12.2 Å². The first-order chi connectivity index (χ1) is 5.36. The number of allylic oxidation sites excluding steroid dienone is 2. The first-order valence-corrected chi connectivity index (χ1v) is 3.84. The number of rotatable bonds is 0. The van der Waals surface area contributed by atoms with Crippen molar-refractivity contribution in [1.82, 2.24) is 0 Å². The van der Waals surface area contributed by atoms with E-state index in [-0.39, 0.29) is 11.8 Å². The summed E-state index contributed by atoms with van der Waals surface area (Å²) < 4.78 is 0. The lowest BCUT2D eigenvalue weighted by Gasteiger charge is -2.14. The van der Waals surface area contributed by atoms with Crippen molar-refractivity contribution in [3.63, 3.8) is 0 Å². The Hall–Kier alpha value is -1.28. The molecule has 0 aromatic rings. The Morgan fingerprint density at radius 1 is 1.00 bits per heavy atom. The molecule has 54 valence electrons. The topological polar surface area (TPSA) is 47.6 Å². The summed E-state index contributed by atoms with van der Waals surface area (Å²) >= 11 is 0. The van der Waals surface area contributed by atoms with Crippen LogP contribution < -0.4 is 0 Å². The molecule has 11 heavy (non-hydrogen) atoms. The van der Waals surface area contributed by atoms with Gasteiger partial charge in [0, 0.05) is 0 Å². The van der Waals surface area contributed by atoms with Crippen molar-refractivity contribution < 1.29 is 0 Å². The van der Waals surface area contributed by atoms with E-state index in [1.807, 2.05) is 0 Å². The van der Waals surface area contributed by atoms with Crippen LogP contribution in [0, 0.1) is 46.3 Å². The highest BCUT2D eigenvalue weighted by atomic mass is 14.5. The normalized spacial score (nSPS) is 45.3. The average Bonchev–Trinajstić information content (AvgIpc) is 2.60. The summed E-state index contributed by atoms with van der Waals surface area (Å²) in [6.07, 6.45) is 5.20. The van der Waals surface area contributed by atoms with Crippen LogP contribution >= 0.6 is 0 Å². The maximum Gasteiger partial charge on any atom is 0.0690 e.